The molecule has 0 saturated carbocycles. The van der Waals surface area contributed by atoms with Gasteiger partial charge in [0.2, 0.25) is 16.0 Å². The summed E-state index contributed by atoms with van der Waals surface area (Å²) in [4.78, 5) is 9.08. The van der Waals surface area contributed by atoms with E-state index in [9.17, 15) is 8.42 Å². The first-order valence-corrected chi connectivity index (χ1v) is 10.5. The zero-order valence-electron chi connectivity index (χ0n) is 16.9. The van der Waals surface area contributed by atoms with Gasteiger partial charge in [-0.1, -0.05) is 19.9 Å². The van der Waals surface area contributed by atoms with Crippen molar-refractivity contribution in [1.29, 1.82) is 0 Å². The van der Waals surface area contributed by atoms with Crippen LogP contribution in [0.15, 0.2) is 35.4 Å². The van der Waals surface area contributed by atoms with Gasteiger partial charge in [0.15, 0.2) is 0 Å². The molecule has 0 radical (unpaired) electrons. The topological polar surface area (TPSA) is 87.2 Å². The molecule has 1 aromatic heterocycles. The molecule has 2 aromatic rings. The lowest BCUT2D eigenvalue weighted by molar-refractivity contribution is 0.445. The van der Waals surface area contributed by atoms with E-state index >= 15 is 0 Å². The average Bonchev–Trinajstić information content (AvgIpc) is 2.58. The summed E-state index contributed by atoms with van der Waals surface area (Å²) in [6.07, 6.45) is 1.74. The van der Waals surface area contributed by atoms with Gasteiger partial charge in [-0.25, -0.2) is 13.4 Å². The third-order valence-electron chi connectivity index (χ3n) is 3.90. The second-order valence-electron chi connectivity index (χ2n) is 7.34. The van der Waals surface area contributed by atoms with Crippen LogP contribution in [0, 0.1) is 6.92 Å². The van der Waals surface area contributed by atoms with Gasteiger partial charge >= 0.3 is 0 Å². The smallest absolute Gasteiger partial charge is 0.243 e. The molecule has 0 saturated heterocycles. The van der Waals surface area contributed by atoms with Gasteiger partial charge in [-0.05, 0) is 45.9 Å². The van der Waals surface area contributed by atoms with Gasteiger partial charge in [0.25, 0.3) is 0 Å². The molecule has 0 spiro atoms. The summed E-state index contributed by atoms with van der Waals surface area (Å²) in [5.74, 6) is 1.15. The van der Waals surface area contributed by atoms with Crippen LogP contribution in [0.1, 0.15) is 40.2 Å². The molecule has 0 bridgehead atoms. The van der Waals surface area contributed by atoms with Gasteiger partial charge in [-0.2, -0.15) is 9.29 Å². The fourth-order valence-corrected chi connectivity index (χ4v) is 4.05. The zero-order valence-corrected chi connectivity index (χ0v) is 17.7. The maximum atomic E-state index is 12.7. The number of nitrogens with zero attached hydrogens (tertiary/aromatic N) is 3. The lowest BCUT2D eigenvalue weighted by Gasteiger charge is -2.21. The summed E-state index contributed by atoms with van der Waals surface area (Å²) in [6, 6.07) is 6.79. The van der Waals surface area contributed by atoms with E-state index in [1.807, 2.05) is 47.6 Å². The largest absolute Gasteiger partial charge is 0.350 e. The molecular formula is C19H29N5O2S. The molecule has 0 aliphatic heterocycles. The van der Waals surface area contributed by atoms with E-state index in [4.69, 9.17) is 0 Å². The average molecular weight is 392 g/mol. The lowest BCUT2D eigenvalue weighted by atomic mass is 10.1. The molecule has 148 valence electrons. The minimum Gasteiger partial charge on any atom is -0.350 e. The molecule has 0 atom stereocenters. The predicted octanol–water partition coefficient (Wildman–Crippen LogP) is 3.77. The van der Waals surface area contributed by atoms with Crippen molar-refractivity contribution >= 4 is 27.5 Å². The zero-order chi connectivity index (χ0) is 20.2. The maximum absolute atomic E-state index is 12.7. The molecule has 2 rings (SSSR count). The van der Waals surface area contributed by atoms with Gasteiger partial charge in [-0.3, -0.25) is 0 Å². The van der Waals surface area contributed by atoms with E-state index < -0.39 is 10.0 Å². The quantitative estimate of drug-likeness (QED) is 0.747. The van der Waals surface area contributed by atoms with Crippen LogP contribution in [-0.2, 0) is 10.0 Å². The predicted molar refractivity (Wildman–Crippen MR) is 110 cm³/mol. The molecule has 1 aromatic carbocycles. The van der Waals surface area contributed by atoms with E-state index in [0.29, 0.717) is 30.5 Å². The lowest BCUT2D eigenvalue weighted by Crippen LogP contribution is -2.30. The second-order valence-corrected chi connectivity index (χ2v) is 9.28. The summed E-state index contributed by atoms with van der Waals surface area (Å²) in [5, 5.41) is 6.45. The number of hydrogen-bond donors (Lipinski definition) is 2. The Morgan fingerprint density at radius 1 is 1.15 bits per heavy atom. The van der Waals surface area contributed by atoms with E-state index in [0.717, 1.165) is 5.56 Å². The van der Waals surface area contributed by atoms with Crippen molar-refractivity contribution < 1.29 is 8.42 Å². The Kier molecular flexibility index (Phi) is 6.43. The van der Waals surface area contributed by atoms with Crippen LogP contribution < -0.4 is 10.6 Å². The third kappa shape index (κ3) is 5.40. The molecule has 7 nitrogen and oxygen atoms in total. The molecule has 27 heavy (non-hydrogen) atoms. The Bertz CT molecular complexity index is 887. The van der Waals surface area contributed by atoms with Crippen LogP contribution in [0.4, 0.5) is 17.5 Å². The van der Waals surface area contributed by atoms with Crippen LogP contribution in [0.2, 0.25) is 0 Å². The number of sulfonamides is 1. The fraction of sp³-hybridized carbons (Fsp3) is 0.474. The van der Waals surface area contributed by atoms with Crippen LogP contribution in [0.3, 0.4) is 0 Å². The molecule has 1 heterocycles. The highest BCUT2D eigenvalue weighted by Gasteiger charge is 2.21. The first-order valence-electron chi connectivity index (χ1n) is 9.06. The number of benzene rings is 1. The summed E-state index contributed by atoms with van der Waals surface area (Å²) >= 11 is 0. The Hall–Kier alpha value is -2.19. The molecule has 0 amide bonds. The minimum absolute atomic E-state index is 0.162. The van der Waals surface area contributed by atoms with E-state index in [2.05, 4.69) is 20.6 Å². The van der Waals surface area contributed by atoms with Crippen molar-refractivity contribution in [2.45, 2.75) is 52.0 Å². The summed E-state index contributed by atoms with van der Waals surface area (Å²) in [7, 11) is -3.51. The van der Waals surface area contributed by atoms with Crippen LogP contribution in [-0.4, -0.2) is 41.3 Å². The highest BCUT2D eigenvalue weighted by Crippen LogP contribution is 2.24. The normalized spacial score (nSPS) is 12.3. The summed E-state index contributed by atoms with van der Waals surface area (Å²) in [6.45, 7) is 12.5. The molecule has 0 aliphatic carbocycles. The molecule has 0 aliphatic rings. The van der Waals surface area contributed by atoms with Crippen LogP contribution in [0.25, 0.3) is 0 Å². The molecular weight excluding hydrogens is 362 g/mol. The summed E-state index contributed by atoms with van der Waals surface area (Å²) < 4.78 is 26.9. The summed E-state index contributed by atoms with van der Waals surface area (Å²) in [5.41, 5.74) is 1.36. The van der Waals surface area contributed by atoms with Crippen molar-refractivity contribution in [2.24, 2.45) is 0 Å². The number of rotatable bonds is 7. The van der Waals surface area contributed by atoms with Crippen molar-refractivity contribution in [3.63, 3.8) is 0 Å². The first kappa shape index (κ1) is 21.1. The minimum atomic E-state index is -3.51. The Morgan fingerprint density at radius 3 is 2.41 bits per heavy atom. The van der Waals surface area contributed by atoms with E-state index in [-0.39, 0.29) is 10.4 Å². The maximum Gasteiger partial charge on any atom is 0.243 e. The Morgan fingerprint density at radius 2 is 1.81 bits per heavy atom. The van der Waals surface area contributed by atoms with Crippen molar-refractivity contribution in [2.75, 3.05) is 23.7 Å². The van der Waals surface area contributed by atoms with Crippen molar-refractivity contribution in [3.8, 4) is 0 Å². The van der Waals surface area contributed by atoms with Gasteiger partial charge in [-0.15, -0.1) is 0 Å². The highest BCUT2D eigenvalue weighted by molar-refractivity contribution is 7.89. The Labute approximate surface area is 162 Å². The second kappa shape index (κ2) is 8.22. The molecule has 2 N–H and O–H groups in total. The number of aromatic nitrogens is 2. The van der Waals surface area contributed by atoms with Gasteiger partial charge < -0.3 is 10.6 Å². The van der Waals surface area contributed by atoms with Gasteiger partial charge in [0.1, 0.15) is 5.82 Å². The molecule has 8 heteroatoms. The fourth-order valence-electron chi connectivity index (χ4n) is 2.55. The SMILES string of the molecule is CCN(CC)S(=O)(=O)c1cccc(Nc2nc(NC(C)(C)C)ncc2C)c1. The number of nitrogens with one attached hydrogen (secondary N) is 2. The molecule has 0 unspecified atom stereocenters. The van der Waals surface area contributed by atoms with E-state index in [1.165, 1.54) is 4.31 Å². The van der Waals surface area contributed by atoms with Crippen LogP contribution >= 0.6 is 0 Å². The molecule has 0 fully saturated rings. The number of anilines is 3. The van der Waals surface area contributed by atoms with Gasteiger partial charge in [0.05, 0.1) is 4.90 Å². The van der Waals surface area contributed by atoms with E-state index in [1.54, 1.807) is 24.4 Å². The third-order valence-corrected chi connectivity index (χ3v) is 5.94. The monoisotopic (exact) mass is 391 g/mol. The van der Waals surface area contributed by atoms with Gasteiger partial charge in [0, 0.05) is 36.1 Å². The number of aryl methyl sites for hydroxylation is 1. The van der Waals surface area contributed by atoms with Crippen molar-refractivity contribution in [3.05, 3.63) is 36.0 Å². The highest BCUT2D eigenvalue weighted by atomic mass is 32.2. The first-order chi connectivity index (χ1) is 12.6. The van der Waals surface area contributed by atoms with Crippen molar-refractivity contribution in [1.82, 2.24) is 14.3 Å². The van der Waals surface area contributed by atoms with Crippen LogP contribution in [0.5, 0.6) is 0 Å². The number of hydrogen-bond acceptors (Lipinski definition) is 6. The Balaban J connectivity index is 2.33. The standard InChI is InChI=1S/C19H29N5O2S/c1-7-24(8-2)27(25,26)16-11-9-10-15(12-16)21-17-14(3)13-20-18(22-17)23-19(4,5)6/h9-13H,7-8H2,1-6H3,(H2,20,21,22,23).